The summed E-state index contributed by atoms with van der Waals surface area (Å²) >= 11 is 6.13. The maximum atomic E-state index is 12.3. The van der Waals surface area contributed by atoms with Gasteiger partial charge >= 0.3 is 6.36 Å². The van der Waals surface area contributed by atoms with Crippen molar-refractivity contribution in [2.24, 2.45) is 0 Å². The number of likely N-dealkylation sites (N-methyl/N-ethyl adjacent to an activating group) is 1. The second-order valence-electron chi connectivity index (χ2n) is 6.57. The zero-order valence-corrected chi connectivity index (χ0v) is 17.1. The smallest absolute Gasteiger partial charge is 0.406 e. The summed E-state index contributed by atoms with van der Waals surface area (Å²) in [6, 6.07) is 13.0. The molecule has 0 fully saturated rings. The van der Waals surface area contributed by atoms with Crippen LogP contribution in [0.3, 0.4) is 0 Å². The second kappa shape index (κ2) is 10.5. The molecule has 8 heteroatoms. The molecule has 2 rings (SSSR count). The highest BCUT2D eigenvalue weighted by Gasteiger charge is 2.31. The van der Waals surface area contributed by atoms with Crippen LogP contribution in [0.15, 0.2) is 48.5 Å². The topological polar surface area (TPSA) is 41.6 Å². The summed E-state index contributed by atoms with van der Waals surface area (Å²) in [4.78, 5) is 12.3. The van der Waals surface area contributed by atoms with Crippen molar-refractivity contribution >= 4 is 17.7 Å². The molecular formula is C21H24ClF3N2O2. The molecule has 0 spiro atoms. The third kappa shape index (κ3) is 7.25. The summed E-state index contributed by atoms with van der Waals surface area (Å²) < 4.78 is 41.8. The van der Waals surface area contributed by atoms with Crippen molar-refractivity contribution < 1.29 is 22.7 Å². The lowest BCUT2D eigenvalue weighted by atomic mass is 10.0. The first-order chi connectivity index (χ1) is 13.7. The molecule has 0 aliphatic carbocycles. The molecule has 4 nitrogen and oxygen atoms in total. The van der Waals surface area contributed by atoms with E-state index in [0.29, 0.717) is 13.0 Å². The molecule has 2 aromatic rings. The van der Waals surface area contributed by atoms with Crippen LogP contribution in [-0.2, 0) is 11.2 Å². The van der Waals surface area contributed by atoms with E-state index in [1.807, 2.05) is 31.2 Å². The quantitative estimate of drug-likeness (QED) is 0.560. The van der Waals surface area contributed by atoms with Crippen LogP contribution in [0.25, 0.3) is 11.1 Å². The lowest BCUT2D eigenvalue weighted by Crippen LogP contribution is -2.41. The lowest BCUT2D eigenvalue weighted by molar-refractivity contribution is -0.274. The lowest BCUT2D eigenvalue weighted by Gasteiger charge is -2.20. The van der Waals surface area contributed by atoms with Gasteiger partial charge in [0.25, 0.3) is 5.91 Å². The maximum Gasteiger partial charge on any atom is 0.573 e. The van der Waals surface area contributed by atoms with E-state index in [4.69, 9.17) is 11.8 Å². The number of amides is 1. The number of nitrogens with zero attached hydrogens (tertiary/aromatic N) is 1. The molecule has 1 atom stereocenters. The summed E-state index contributed by atoms with van der Waals surface area (Å²) in [5, 5.41) is 2.98. The number of hydrogen-bond acceptors (Lipinski definition) is 3. The van der Waals surface area contributed by atoms with Gasteiger partial charge in [0, 0.05) is 18.3 Å². The molecule has 0 aliphatic rings. The number of halogens is 4. The van der Waals surface area contributed by atoms with Gasteiger partial charge in [0.1, 0.15) is 5.75 Å². The van der Waals surface area contributed by atoms with Crippen LogP contribution in [0.5, 0.6) is 5.75 Å². The number of hydrogen-bond donors (Lipinski definition) is 1. The zero-order chi connectivity index (χ0) is 21.4. The Kier molecular flexibility index (Phi) is 8.34. The highest BCUT2D eigenvalue weighted by molar-refractivity contribution is 6.21. The molecule has 29 heavy (non-hydrogen) atoms. The van der Waals surface area contributed by atoms with Gasteiger partial charge in [-0.25, -0.2) is 0 Å². The van der Waals surface area contributed by atoms with Gasteiger partial charge in [-0.1, -0.05) is 49.7 Å². The number of nitrogens with one attached hydrogen (secondary N) is 1. The Morgan fingerprint density at radius 3 is 2.14 bits per heavy atom. The predicted octanol–water partition coefficient (Wildman–Crippen LogP) is 5.17. The van der Waals surface area contributed by atoms with Gasteiger partial charge in [0.2, 0.25) is 0 Å². The van der Waals surface area contributed by atoms with E-state index in [0.717, 1.165) is 29.5 Å². The number of benzene rings is 2. The molecular weight excluding hydrogens is 405 g/mol. The molecule has 0 aromatic heterocycles. The van der Waals surface area contributed by atoms with E-state index in [9.17, 15) is 18.0 Å². The van der Waals surface area contributed by atoms with Gasteiger partial charge in [-0.3, -0.25) is 9.21 Å². The van der Waals surface area contributed by atoms with Crippen LogP contribution in [0.2, 0.25) is 0 Å². The minimum absolute atomic E-state index is 0.145. The number of carbonyl (C=O) groups is 1. The minimum atomic E-state index is -4.70. The molecule has 0 saturated carbocycles. The van der Waals surface area contributed by atoms with Crippen LogP contribution in [0.1, 0.15) is 25.3 Å². The third-order valence-electron chi connectivity index (χ3n) is 4.44. The first kappa shape index (κ1) is 23.0. The largest absolute Gasteiger partial charge is 0.573 e. The van der Waals surface area contributed by atoms with Crippen LogP contribution in [0.4, 0.5) is 13.2 Å². The Hall–Kier alpha value is -2.25. The molecule has 0 heterocycles. The molecule has 0 bridgehead atoms. The van der Waals surface area contributed by atoms with Crippen molar-refractivity contribution in [1.29, 1.82) is 0 Å². The normalized spacial score (nSPS) is 12.5. The van der Waals surface area contributed by atoms with Gasteiger partial charge in [-0.15, -0.1) is 13.2 Å². The Balaban J connectivity index is 1.94. The second-order valence-corrected chi connectivity index (χ2v) is 6.98. The predicted molar refractivity (Wildman–Crippen MR) is 108 cm³/mol. The summed E-state index contributed by atoms with van der Waals surface area (Å²) in [5.41, 5.74) is 2.64. The van der Waals surface area contributed by atoms with Crippen molar-refractivity contribution in [3.63, 3.8) is 0 Å². The molecule has 0 unspecified atom stereocenters. The SMILES string of the molecule is CCC[C@H](NC)C(=O)N(Cl)CCc1ccc(-c2ccc(OC(F)(F)F)cc2)cc1. The fourth-order valence-electron chi connectivity index (χ4n) is 2.90. The van der Waals surface area contributed by atoms with Crippen molar-refractivity contribution in [2.45, 2.75) is 38.6 Å². The van der Waals surface area contributed by atoms with E-state index in [-0.39, 0.29) is 17.7 Å². The van der Waals surface area contributed by atoms with Gasteiger partial charge in [0.05, 0.1) is 6.04 Å². The molecule has 0 radical (unpaired) electrons. The zero-order valence-electron chi connectivity index (χ0n) is 16.3. The van der Waals surface area contributed by atoms with Crippen LogP contribution >= 0.6 is 11.8 Å². The van der Waals surface area contributed by atoms with Crippen molar-refractivity contribution in [1.82, 2.24) is 9.74 Å². The molecule has 1 N–H and O–H groups in total. The van der Waals surface area contributed by atoms with Crippen LogP contribution in [-0.4, -0.2) is 36.3 Å². The molecule has 158 valence electrons. The van der Waals surface area contributed by atoms with Gasteiger partial charge < -0.3 is 10.1 Å². The highest BCUT2D eigenvalue weighted by Crippen LogP contribution is 2.26. The van der Waals surface area contributed by atoms with E-state index in [1.165, 1.54) is 16.6 Å². The van der Waals surface area contributed by atoms with E-state index >= 15 is 0 Å². The minimum Gasteiger partial charge on any atom is -0.406 e. The third-order valence-corrected chi connectivity index (χ3v) is 4.77. The highest BCUT2D eigenvalue weighted by atomic mass is 35.5. The van der Waals surface area contributed by atoms with E-state index in [1.54, 1.807) is 19.2 Å². The Morgan fingerprint density at radius 2 is 1.66 bits per heavy atom. The molecule has 0 saturated heterocycles. The average molecular weight is 429 g/mol. The summed E-state index contributed by atoms with van der Waals surface area (Å²) in [7, 11) is 1.74. The maximum absolute atomic E-state index is 12.3. The fourth-order valence-corrected chi connectivity index (χ4v) is 3.10. The fraction of sp³-hybridized carbons (Fsp3) is 0.381. The Labute approximate surface area is 173 Å². The number of carbonyl (C=O) groups excluding carboxylic acids is 1. The van der Waals surface area contributed by atoms with Crippen molar-refractivity contribution in [3.05, 3.63) is 54.1 Å². The number of rotatable bonds is 9. The number of ether oxygens (including phenoxy) is 1. The van der Waals surface area contributed by atoms with E-state index < -0.39 is 6.36 Å². The van der Waals surface area contributed by atoms with Crippen molar-refractivity contribution in [3.8, 4) is 16.9 Å². The molecule has 0 aliphatic heterocycles. The Bertz CT molecular complexity index is 780. The van der Waals surface area contributed by atoms with E-state index in [2.05, 4.69) is 10.1 Å². The van der Waals surface area contributed by atoms with Gasteiger partial charge in [-0.05, 0) is 48.7 Å². The standard InChI is InChI=1S/C21H24ClF3N2O2/c1-3-4-19(26-2)20(28)27(22)14-13-15-5-7-16(8-6-15)17-9-11-18(12-10-17)29-21(23,24)25/h5-12,19,26H,3-4,13-14H2,1-2H3/t19-/m0/s1. The monoisotopic (exact) mass is 428 g/mol. The summed E-state index contributed by atoms with van der Waals surface area (Å²) in [6.45, 7) is 2.39. The Morgan fingerprint density at radius 1 is 1.10 bits per heavy atom. The molecule has 1 amide bonds. The first-order valence-corrected chi connectivity index (χ1v) is 9.67. The first-order valence-electron chi connectivity index (χ1n) is 9.33. The van der Waals surface area contributed by atoms with Gasteiger partial charge in [0.15, 0.2) is 0 Å². The van der Waals surface area contributed by atoms with Crippen molar-refractivity contribution in [2.75, 3.05) is 13.6 Å². The number of alkyl halides is 3. The summed E-state index contributed by atoms with van der Waals surface area (Å²) in [6.07, 6.45) is -2.51. The van der Waals surface area contributed by atoms with Gasteiger partial charge in [-0.2, -0.15) is 0 Å². The molecule has 2 aromatic carbocycles. The average Bonchev–Trinajstić information content (AvgIpc) is 2.69. The summed E-state index contributed by atoms with van der Waals surface area (Å²) in [5.74, 6) is -0.401. The van der Waals surface area contributed by atoms with Crippen LogP contribution in [0, 0.1) is 0 Å². The van der Waals surface area contributed by atoms with Crippen LogP contribution < -0.4 is 10.1 Å².